The summed E-state index contributed by atoms with van der Waals surface area (Å²) in [5.41, 5.74) is 1.06. The second-order valence-electron chi connectivity index (χ2n) is 6.21. The maximum Gasteiger partial charge on any atom is 0.243 e. The number of nitrogens with zero attached hydrogens (tertiary/aromatic N) is 1. The summed E-state index contributed by atoms with van der Waals surface area (Å²) >= 11 is 1.63. The van der Waals surface area contributed by atoms with E-state index in [0.717, 1.165) is 18.4 Å². The van der Waals surface area contributed by atoms with Crippen molar-refractivity contribution in [2.24, 2.45) is 0 Å². The van der Waals surface area contributed by atoms with Crippen LogP contribution in [0.2, 0.25) is 0 Å². The Balaban J connectivity index is 1.85. The van der Waals surface area contributed by atoms with E-state index in [9.17, 15) is 9.59 Å². The maximum atomic E-state index is 12.5. The Morgan fingerprint density at radius 1 is 1.27 bits per heavy atom. The average Bonchev–Trinajstić information content (AvgIpc) is 3.15. The van der Waals surface area contributed by atoms with Crippen molar-refractivity contribution in [3.63, 3.8) is 0 Å². The van der Waals surface area contributed by atoms with Crippen molar-refractivity contribution >= 4 is 23.6 Å². The van der Waals surface area contributed by atoms with E-state index in [1.807, 2.05) is 18.2 Å². The number of amides is 2. The fourth-order valence-electron chi connectivity index (χ4n) is 2.86. The van der Waals surface area contributed by atoms with Crippen molar-refractivity contribution in [1.29, 1.82) is 0 Å². The average molecular weight is 381 g/mol. The molecule has 0 radical (unpaired) electrons. The monoisotopic (exact) mass is 380 g/mol. The van der Waals surface area contributed by atoms with Crippen LogP contribution < -0.4 is 14.8 Å². The van der Waals surface area contributed by atoms with Gasteiger partial charge in [0.15, 0.2) is 11.5 Å². The summed E-state index contributed by atoms with van der Waals surface area (Å²) in [5.74, 6) is 2.65. The maximum absolute atomic E-state index is 12.5. The van der Waals surface area contributed by atoms with Crippen LogP contribution in [-0.2, 0) is 16.0 Å². The van der Waals surface area contributed by atoms with Gasteiger partial charge < -0.3 is 19.7 Å². The molecule has 1 aliphatic heterocycles. The van der Waals surface area contributed by atoms with Gasteiger partial charge >= 0.3 is 0 Å². The molecule has 6 nitrogen and oxygen atoms in total. The van der Waals surface area contributed by atoms with Crippen molar-refractivity contribution in [1.82, 2.24) is 10.2 Å². The fourth-order valence-corrected chi connectivity index (χ4v) is 4.04. The first-order valence-electron chi connectivity index (χ1n) is 8.96. The molecule has 144 valence electrons. The number of hydrogen-bond donors (Lipinski definition) is 1. The topological polar surface area (TPSA) is 67.9 Å². The molecule has 0 aliphatic carbocycles. The molecule has 1 heterocycles. The Kier molecular flexibility index (Phi) is 8.09. The molecule has 1 aromatic carbocycles. The molecule has 0 spiro atoms. The van der Waals surface area contributed by atoms with Gasteiger partial charge in [-0.1, -0.05) is 19.4 Å². The number of carbonyl (C=O) groups excluding carboxylic acids is 2. The Morgan fingerprint density at radius 2 is 2.04 bits per heavy atom. The molecule has 2 rings (SSSR count). The van der Waals surface area contributed by atoms with E-state index in [1.54, 1.807) is 30.9 Å². The van der Waals surface area contributed by atoms with Crippen LogP contribution in [0.1, 0.15) is 31.7 Å². The van der Waals surface area contributed by atoms with Gasteiger partial charge in [-0.25, -0.2) is 0 Å². The molecule has 7 heteroatoms. The molecule has 1 atom stereocenters. The largest absolute Gasteiger partial charge is 0.493 e. The first kappa shape index (κ1) is 20.4. The first-order valence-corrected chi connectivity index (χ1v) is 10.1. The van der Waals surface area contributed by atoms with E-state index in [0.29, 0.717) is 42.5 Å². The molecule has 0 bridgehead atoms. The van der Waals surface area contributed by atoms with Crippen LogP contribution in [0.3, 0.4) is 0 Å². The number of methoxy groups -OCH3 is 2. The lowest BCUT2D eigenvalue weighted by Gasteiger charge is -2.23. The molecule has 0 aromatic heterocycles. The molecule has 2 amide bonds. The fraction of sp³-hybridized carbons (Fsp3) is 0.579. The van der Waals surface area contributed by atoms with Crippen LogP contribution in [0, 0.1) is 0 Å². The summed E-state index contributed by atoms with van der Waals surface area (Å²) in [6.07, 6.45) is 3.06. The highest BCUT2D eigenvalue weighted by atomic mass is 32.2. The lowest BCUT2D eigenvalue weighted by Crippen LogP contribution is -2.47. The van der Waals surface area contributed by atoms with Gasteiger partial charge in [-0.15, -0.1) is 11.8 Å². The standard InChI is InChI=1S/C19H28N2O4S/c1-4-5-6-18(22)21-13-26-12-15(21)19(23)20-10-9-14-7-8-16(24-2)17(11-14)25-3/h7-8,11,15H,4-6,9-10,12-13H2,1-3H3,(H,20,23). The van der Waals surface area contributed by atoms with Crippen LogP contribution in [0.15, 0.2) is 18.2 Å². The van der Waals surface area contributed by atoms with Crippen molar-refractivity contribution in [3.05, 3.63) is 23.8 Å². The zero-order valence-electron chi connectivity index (χ0n) is 15.7. The smallest absolute Gasteiger partial charge is 0.243 e. The second kappa shape index (κ2) is 10.3. The molecule has 26 heavy (non-hydrogen) atoms. The van der Waals surface area contributed by atoms with E-state index < -0.39 is 0 Å². The summed E-state index contributed by atoms with van der Waals surface area (Å²) < 4.78 is 10.5. The molecule has 1 unspecified atom stereocenters. The van der Waals surface area contributed by atoms with E-state index in [-0.39, 0.29) is 17.9 Å². The second-order valence-corrected chi connectivity index (χ2v) is 7.21. The molecular weight excluding hydrogens is 352 g/mol. The lowest BCUT2D eigenvalue weighted by atomic mass is 10.1. The molecule has 1 saturated heterocycles. The van der Waals surface area contributed by atoms with Gasteiger partial charge in [0.05, 0.1) is 20.1 Å². The van der Waals surface area contributed by atoms with Gasteiger partial charge in [0.25, 0.3) is 0 Å². The SMILES string of the molecule is CCCCC(=O)N1CSCC1C(=O)NCCc1ccc(OC)c(OC)c1. The Bertz CT molecular complexity index is 624. The molecule has 0 saturated carbocycles. The number of carbonyl (C=O) groups is 2. The molecule has 1 aromatic rings. The van der Waals surface area contributed by atoms with Crippen molar-refractivity contribution in [3.8, 4) is 11.5 Å². The van der Waals surface area contributed by atoms with Crippen molar-refractivity contribution < 1.29 is 19.1 Å². The predicted molar refractivity (Wildman–Crippen MR) is 104 cm³/mol. The first-order chi connectivity index (χ1) is 12.6. The van der Waals surface area contributed by atoms with Gasteiger partial charge in [-0.05, 0) is 30.5 Å². The van der Waals surface area contributed by atoms with Crippen molar-refractivity contribution in [2.75, 3.05) is 32.4 Å². The minimum atomic E-state index is -0.352. The zero-order valence-corrected chi connectivity index (χ0v) is 16.6. The van der Waals surface area contributed by atoms with E-state index >= 15 is 0 Å². The summed E-state index contributed by atoms with van der Waals surface area (Å²) in [5, 5.41) is 2.96. The van der Waals surface area contributed by atoms with Gasteiger partial charge in [0, 0.05) is 18.7 Å². The van der Waals surface area contributed by atoms with E-state index in [1.165, 1.54) is 0 Å². The van der Waals surface area contributed by atoms with Crippen LogP contribution >= 0.6 is 11.8 Å². The van der Waals surface area contributed by atoms with E-state index in [4.69, 9.17) is 9.47 Å². The third-order valence-corrected chi connectivity index (χ3v) is 5.42. The van der Waals surface area contributed by atoms with Gasteiger partial charge in [-0.2, -0.15) is 0 Å². The molecule has 1 aliphatic rings. The summed E-state index contributed by atoms with van der Waals surface area (Å²) in [7, 11) is 3.20. The summed E-state index contributed by atoms with van der Waals surface area (Å²) in [6.45, 7) is 2.58. The Hall–Kier alpha value is -1.89. The number of hydrogen-bond acceptors (Lipinski definition) is 5. The summed E-state index contributed by atoms with van der Waals surface area (Å²) in [4.78, 5) is 26.5. The van der Waals surface area contributed by atoms with Gasteiger partial charge in [0.2, 0.25) is 11.8 Å². The van der Waals surface area contributed by atoms with Crippen LogP contribution in [0.4, 0.5) is 0 Å². The van der Waals surface area contributed by atoms with Crippen LogP contribution in [-0.4, -0.2) is 55.2 Å². The normalized spacial score (nSPS) is 16.4. The number of thioether (sulfide) groups is 1. The summed E-state index contributed by atoms with van der Waals surface area (Å²) in [6, 6.07) is 5.38. The highest BCUT2D eigenvalue weighted by Crippen LogP contribution is 2.27. The number of nitrogens with one attached hydrogen (secondary N) is 1. The Morgan fingerprint density at radius 3 is 2.73 bits per heavy atom. The number of unbranched alkanes of at least 4 members (excludes halogenated alkanes) is 1. The Labute approximate surface area is 159 Å². The third-order valence-electron chi connectivity index (χ3n) is 4.41. The molecule has 1 fully saturated rings. The predicted octanol–water partition coefficient (Wildman–Crippen LogP) is 2.45. The van der Waals surface area contributed by atoms with Gasteiger partial charge in [-0.3, -0.25) is 9.59 Å². The lowest BCUT2D eigenvalue weighted by molar-refractivity contribution is -0.138. The van der Waals surface area contributed by atoms with Crippen LogP contribution in [0.5, 0.6) is 11.5 Å². The quantitative estimate of drug-likeness (QED) is 0.713. The zero-order chi connectivity index (χ0) is 18.9. The number of ether oxygens (including phenoxy) is 2. The van der Waals surface area contributed by atoms with Crippen molar-refractivity contribution in [2.45, 2.75) is 38.6 Å². The highest BCUT2D eigenvalue weighted by molar-refractivity contribution is 7.99. The van der Waals surface area contributed by atoms with Crippen LogP contribution in [0.25, 0.3) is 0 Å². The molecular formula is C19H28N2O4S. The van der Waals surface area contributed by atoms with Gasteiger partial charge in [0.1, 0.15) is 6.04 Å². The highest BCUT2D eigenvalue weighted by Gasteiger charge is 2.33. The van der Waals surface area contributed by atoms with E-state index in [2.05, 4.69) is 12.2 Å². The minimum Gasteiger partial charge on any atom is -0.493 e. The number of benzene rings is 1. The molecule has 1 N–H and O–H groups in total. The number of rotatable bonds is 9. The third kappa shape index (κ3) is 5.30. The minimum absolute atomic E-state index is 0.0691.